The third kappa shape index (κ3) is 3.68. The van der Waals surface area contributed by atoms with E-state index in [2.05, 4.69) is 24.1 Å². The molecule has 0 aliphatic heterocycles. The first-order chi connectivity index (χ1) is 7.06. The third-order valence-electron chi connectivity index (χ3n) is 3.15. The molecule has 1 heterocycles. The van der Waals surface area contributed by atoms with Gasteiger partial charge in [0.25, 0.3) is 0 Å². The molecule has 0 radical (unpaired) electrons. The number of hydrogen-bond acceptors (Lipinski definition) is 2. The van der Waals surface area contributed by atoms with Crippen molar-refractivity contribution in [1.29, 1.82) is 0 Å². The number of hydrogen-bond donors (Lipinski definition) is 3. The summed E-state index contributed by atoms with van der Waals surface area (Å²) in [5.41, 5.74) is 0.598. The lowest BCUT2D eigenvalue weighted by Gasteiger charge is -2.29. The minimum Gasteiger partial charge on any atom is -0.389 e. The lowest BCUT2D eigenvalue weighted by Crippen LogP contribution is -2.42. The Hall–Kier alpha value is -0.800. The SMILES string of the molecule is CCC(C)C(C)(O)CNCc1cc[nH]c1. The summed E-state index contributed by atoms with van der Waals surface area (Å²) < 4.78 is 0. The van der Waals surface area contributed by atoms with Crippen LogP contribution in [0.25, 0.3) is 0 Å². The first-order valence-corrected chi connectivity index (χ1v) is 5.61. The van der Waals surface area contributed by atoms with Gasteiger partial charge in [-0.05, 0) is 24.5 Å². The second kappa shape index (κ2) is 5.33. The van der Waals surface area contributed by atoms with Crippen LogP contribution in [0.15, 0.2) is 18.5 Å². The van der Waals surface area contributed by atoms with Crippen LogP contribution in [0.1, 0.15) is 32.8 Å². The number of aromatic nitrogens is 1. The Balaban J connectivity index is 2.30. The summed E-state index contributed by atoms with van der Waals surface area (Å²) in [5, 5.41) is 13.4. The zero-order valence-electron chi connectivity index (χ0n) is 9.88. The van der Waals surface area contributed by atoms with E-state index < -0.39 is 5.60 Å². The van der Waals surface area contributed by atoms with Crippen LogP contribution in [0.4, 0.5) is 0 Å². The van der Waals surface area contributed by atoms with Crippen LogP contribution in [0.3, 0.4) is 0 Å². The lowest BCUT2D eigenvalue weighted by atomic mass is 9.88. The van der Waals surface area contributed by atoms with E-state index in [0.717, 1.165) is 13.0 Å². The lowest BCUT2D eigenvalue weighted by molar-refractivity contribution is 0.00535. The van der Waals surface area contributed by atoms with Crippen molar-refractivity contribution >= 4 is 0 Å². The fourth-order valence-corrected chi connectivity index (χ4v) is 1.54. The summed E-state index contributed by atoms with van der Waals surface area (Å²) in [5.74, 6) is 0.316. The normalized spacial score (nSPS) is 17.3. The summed E-state index contributed by atoms with van der Waals surface area (Å²) in [7, 11) is 0. The Morgan fingerprint density at radius 2 is 2.33 bits per heavy atom. The standard InChI is InChI=1S/C12H22N2O/c1-4-10(2)12(3,15)9-14-8-11-5-6-13-7-11/h5-7,10,13-15H,4,8-9H2,1-3H3. The van der Waals surface area contributed by atoms with Gasteiger partial charge in [-0.3, -0.25) is 0 Å². The quantitative estimate of drug-likeness (QED) is 0.671. The van der Waals surface area contributed by atoms with Crippen molar-refractivity contribution in [3.05, 3.63) is 24.0 Å². The van der Waals surface area contributed by atoms with E-state index in [-0.39, 0.29) is 0 Å². The Kier molecular flexibility index (Phi) is 4.36. The van der Waals surface area contributed by atoms with Gasteiger partial charge >= 0.3 is 0 Å². The van der Waals surface area contributed by atoms with E-state index in [0.29, 0.717) is 12.5 Å². The van der Waals surface area contributed by atoms with E-state index in [1.165, 1.54) is 5.56 Å². The zero-order chi connectivity index (χ0) is 11.3. The van der Waals surface area contributed by atoms with Gasteiger partial charge in [-0.25, -0.2) is 0 Å². The zero-order valence-corrected chi connectivity index (χ0v) is 9.88. The Morgan fingerprint density at radius 3 is 2.87 bits per heavy atom. The molecular formula is C12H22N2O. The minimum atomic E-state index is -0.620. The maximum Gasteiger partial charge on any atom is 0.0768 e. The number of rotatable bonds is 6. The van der Waals surface area contributed by atoms with Gasteiger partial charge < -0.3 is 15.4 Å². The number of nitrogens with one attached hydrogen (secondary N) is 2. The van der Waals surface area contributed by atoms with Crippen LogP contribution in [-0.4, -0.2) is 22.2 Å². The van der Waals surface area contributed by atoms with Crippen LogP contribution >= 0.6 is 0 Å². The summed E-state index contributed by atoms with van der Waals surface area (Å²) in [6, 6.07) is 2.03. The van der Waals surface area contributed by atoms with Gasteiger partial charge in [0.05, 0.1) is 5.60 Å². The van der Waals surface area contributed by atoms with Crippen molar-refractivity contribution in [3.8, 4) is 0 Å². The van der Waals surface area contributed by atoms with Gasteiger partial charge in [0, 0.05) is 25.5 Å². The van der Waals surface area contributed by atoms with Crippen LogP contribution in [0, 0.1) is 5.92 Å². The maximum atomic E-state index is 10.1. The molecule has 3 N–H and O–H groups in total. The van der Waals surface area contributed by atoms with Crippen LogP contribution in [-0.2, 0) is 6.54 Å². The monoisotopic (exact) mass is 210 g/mol. The van der Waals surface area contributed by atoms with E-state index >= 15 is 0 Å². The highest BCUT2D eigenvalue weighted by atomic mass is 16.3. The Bertz CT molecular complexity index is 267. The first kappa shape index (κ1) is 12.3. The highest BCUT2D eigenvalue weighted by Gasteiger charge is 2.26. The molecule has 1 rings (SSSR count). The predicted octanol–water partition coefficient (Wildman–Crippen LogP) is 1.90. The molecule has 3 heteroatoms. The highest BCUT2D eigenvalue weighted by molar-refractivity contribution is 5.07. The van der Waals surface area contributed by atoms with E-state index in [1.807, 2.05) is 25.4 Å². The molecule has 0 saturated heterocycles. The molecule has 15 heavy (non-hydrogen) atoms. The molecule has 0 aliphatic carbocycles. The molecule has 0 fully saturated rings. The molecule has 2 atom stereocenters. The minimum absolute atomic E-state index is 0.316. The van der Waals surface area contributed by atoms with Crippen molar-refractivity contribution in [2.24, 2.45) is 5.92 Å². The molecule has 0 spiro atoms. The van der Waals surface area contributed by atoms with Crippen molar-refractivity contribution in [1.82, 2.24) is 10.3 Å². The van der Waals surface area contributed by atoms with Crippen LogP contribution < -0.4 is 5.32 Å². The molecular weight excluding hydrogens is 188 g/mol. The number of aromatic amines is 1. The topological polar surface area (TPSA) is 48.0 Å². The highest BCUT2D eigenvalue weighted by Crippen LogP contribution is 2.18. The van der Waals surface area contributed by atoms with Crippen molar-refractivity contribution in [2.45, 2.75) is 39.3 Å². The maximum absolute atomic E-state index is 10.1. The molecule has 3 nitrogen and oxygen atoms in total. The molecule has 0 saturated carbocycles. The summed E-state index contributed by atoms with van der Waals surface area (Å²) in [6.07, 6.45) is 4.87. The largest absolute Gasteiger partial charge is 0.389 e. The Morgan fingerprint density at radius 1 is 1.60 bits per heavy atom. The van der Waals surface area contributed by atoms with Gasteiger partial charge in [0.2, 0.25) is 0 Å². The summed E-state index contributed by atoms with van der Waals surface area (Å²) in [6.45, 7) is 7.51. The molecule has 2 unspecified atom stereocenters. The van der Waals surface area contributed by atoms with Gasteiger partial charge in [-0.1, -0.05) is 20.3 Å². The van der Waals surface area contributed by atoms with Crippen LogP contribution in [0.5, 0.6) is 0 Å². The van der Waals surface area contributed by atoms with Gasteiger partial charge in [-0.15, -0.1) is 0 Å². The smallest absolute Gasteiger partial charge is 0.0768 e. The van der Waals surface area contributed by atoms with E-state index in [9.17, 15) is 5.11 Å². The molecule has 0 bridgehead atoms. The molecule has 0 aliphatic rings. The number of aliphatic hydroxyl groups is 1. The number of H-pyrrole nitrogens is 1. The van der Waals surface area contributed by atoms with E-state index in [1.54, 1.807) is 0 Å². The van der Waals surface area contributed by atoms with Crippen molar-refractivity contribution in [2.75, 3.05) is 6.54 Å². The fourth-order valence-electron chi connectivity index (χ4n) is 1.54. The van der Waals surface area contributed by atoms with Crippen molar-refractivity contribution in [3.63, 3.8) is 0 Å². The third-order valence-corrected chi connectivity index (χ3v) is 3.15. The second-order valence-electron chi connectivity index (χ2n) is 4.49. The second-order valence-corrected chi connectivity index (χ2v) is 4.49. The summed E-state index contributed by atoms with van der Waals surface area (Å²) >= 11 is 0. The van der Waals surface area contributed by atoms with Gasteiger partial charge in [0.15, 0.2) is 0 Å². The van der Waals surface area contributed by atoms with E-state index in [4.69, 9.17) is 0 Å². The molecule has 1 aromatic rings. The van der Waals surface area contributed by atoms with Gasteiger partial charge in [-0.2, -0.15) is 0 Å². The molecule has 86 valence electrons. The predicted molar refractivity (Wildman–Crippen MR) is 62.6 cm³/mol. The molecule has 0 amide bonds. The summed E-state index contributed by atoms with van der Waals surface area (Å²) in [4.78, 5) is 3.01. The molecule has 0 aromatic carbocycles. The average Bonchev–Trinajstić information content (AvgIpc) is 2.69. The Labute approximate surface area is 91.9 Å². The molecule has 1 aromatic heterocycles. The first-order valence-electron chi connectivity index (χ1n) is 5.61. The van der Waals surface area contributed by atoms with Crippen molar-refractivity contribution < 1.29 is 5.11 Å². The van der Waals surface area contributed by atoms with Gasteiger partial charge in [0.1, 0.15) is 0 Å². The average molecular weight is 210 g/mol. The van der Waals surface area contributed by atoms with Crippen LogP contribution in [0.2, 0.25) is 0 Å². The fraction of sp³-hybridized carbons (Fsp3) is 0.667.